The zero-order valence-corrected chi connectivity index (χ0v) is 18.4. The van der Waals surface area contributed by atoms with Gasteiger partial charge in [0.25, 0.3) is 0 Å². The van der Waals surface area contributed by atoms with Crippen LogP contribution in [0.5, 0.6) is 0 Å². The number of aromatic carboxylic acids is 2. The number of benzene rings is 2. The number of para-hydroxylation sites is 1. The number of fused-ring (bicyclic) bond motifs is 4. The summed E-state index contributed by atoms with van der Waals surface area (Å²) in [4.78, 5) is 23.8. The molecule has 168 valence electrons. The van der Waals surface area contributed by atoms with Gasteiger partial charge in [-0.3, -0.25) is 0 Å². The largest absolute Gasteiger partial charge is 0.478 e. The molecular weight excluding hydrogens is 416 g/mol. The van der Waals surface area contributed by atoms with Gasteiger partial charge in [0.15, 0.2) is 0 Å². The molecule has 2 aromatic carbocycles. The van der Waals surface area contributed by atoms with Crippen LogP contribution in [0.15, 0.2) is 42.5 Å². The lowest BCUT2D eigenvalue weighted by Gasteiger charge is -2.25. The van der Waals surface area contributed by atoms with Gasteiger partial charge in [0.05, 0.1) is 16.8 Å². The van der Waals surface area contributed by atoms with Crippen LogP contribution in [0.25, 0.3) is 33.1 Å². The molecule has 0 spiro atoms. The predicted octanol–water partition coefficient (Wildman–Crippen LogP) is 6.11. The van der Waals surface area contributed by atoms with Crippen LogP contribution in [0.1, 0.15) is 70.9 Å². The number of carboxylic acid groups (broad SMARTS) is 2. The van der Waals surface area contributed by atoms with Crippen LogP contribution in [0.2, 0.25) is 0 Å². The molecule has 0 radical (unpaired) electrons. The normalized spacial score (nSPS) is 16.5. The van der Waals surface area contributed by atoms with Gasteiger partial charge in [-0.05, 0) is 48.9 Å². The first-order chi connectivity index (χ1) is 16.0. The fraction of sp³-hybridized carbons (Fsp3) is 0.333. The highest BCUT2D eigenvalue weighted by Gasteiger charge is 2.30. The monoisotopic (exact) mass is 442 g/mol. The van der Waals surface area contributed by atoms with E-state index in [1.165, 1.54) is 24.8 Å². The molecule has 6 heteroatoms. The van der Waals surface area contributed by atoms with E-state index in [-0.39, 0.29) is 0 Å². The van der Waals surface area contributed by atoms with Gasteiger partial charge >= 0.3 is 11.9 Å². The molecule has 3 heterocycles. The second-order valence-corrected chi connectivity index (χ2v) is 9.37. The number of nitrogens with zero attached hydrogens (tertiary/aromatic N) is 2. The average molecular weight is 443 g/mol. The lowest BCUT2D eigenvalue weighted by atomic mass is 9.81. The fourth-order valence-electron chi connectivity index (χ4n) is 6.15. The van der Waals surface area contributed by atoms with Crippen molar-refractivity contribution in [1.82, 2.24) is 9.13 Å². The molecule has 0 saturated heterocycles. The summed E-state index contributed by atoms with van der Waals surface area (Å²) in [6, 6.07) is 13.4. The van der Waals surface area contributed by atoms with E-state index in [1.54, 1.807) is 12.1 Å². The quantitative estimate of drug-likeness (QED) is 0.401. The Morgan fingerprint density at radius 2 is 1.64 bits per heavy atom. The molecule has 0 amide bonds. The third-order valence-corrected chi connectivity index (χ3v) is 7.52. The molecule has 0 unspecified atom stereocenters. The van der Waals surface area contributed by atoms with Crippen LogP contribution in [0.3, 0.4) is 0 Å². The maximum atomic E-state index is 12.0. The highest BCUT2D eigenvalue weighted by molar-refractivity contribution is 6.05. The third kappa shape index (κ3) is 3.00. The van der Waals surface area contributed by atoms with Crippen LogP contribution in [0.4, 0.5) is 0 Å². The number of hydrogen-bond acceptors (Lipinski definition) is 2. The summed E-state index contributed by atoms with van der Waals surface area (Å²) in [5, 5.41) is 21.6. The number of carbonyl (C=O) groups is 2. The Labute approximate surface area is 191 Å². The Hall–Kier alpha value is -3.54. The Morgan fingerprint density at radius 1 is 0.848 bits per heavy atom. The molecule has 1 saturated carbocycles. The number of aromatic nitrogens is 2. The van der Waals surface area contributed by atoms with Crippen LogP contribution < -0.4 is 0 Å². The molecule has 1 aliphatic heterocycles. The first-order valence-electron chi connectivity index (χ1n) is 11.8. The van der Waals surface area contributed by atoms with E-state index in [0.717, 1.165) is 52.3 Å². The van der Waals surface area contributed by atoms with Gasteiger partial charge in [-0.25, -0.2) is 9.59 Å². The molecule has 0 bridgehead atoms. The van der Waals surface area contributed by atoms with Crippen molar-refractivity contribution in [2.45, 2.75) is 57.5 Å². The summed E-state index contributed by atoms with van der Waals surface area (Å²) >= 11 is 0. The first-order valence-corrected chi connectivity index (χ1v) is 11.8. The minimum atomic E-state index is -0.917. The highest BCUT2D eigenvalue weighted by atomic mass is 16.4. The second-order valence-electron chi connectivity index (χ2n) is 9.37. The van der Waals surface area contributed by atoms with Crippen molar-refractivity contribution in [3.63, 3.8) is 0 Å². The topological polar surface area (TPSA) is 84.5 Å². The summed E-state index contributed by atoms with van der Waals surface area (Å²) in [7, 11) is 0. The molecule has 6 rings (SSSR count). The van der Waals surface area contributed by atoms with E-state index < -0.39 is 11.9 Å². The Morgan fingerprint density at radius 3 is 2.39 bits per heavy atom. The summed E-state index contributed by atoms with van der Waals surface area (Å²) in [5.74, 6) is -1.40. The van der Waals surface area contributed by atoms with E-state index in [0.29, 0.717) is 30.3 Å². The van der Waals surface area contributed by atoms with Gasteiger partial charge in [-0.2, -0.15) is 0 Å². The van der Waals surface area contributed by atoms with Gasteiger partial charge in [0, 0.05) is 34.9 Å². The van der Waals surface area contributed by atoms with Crippen molar-refractivity contribution in [3.05, 3.63) is 59.3 Å². The van der Waals surface area contributed by atoms with Crippen molar-refractivity contribution >= 4 is 33.7 Å². The number of carboxylic acids is 2. The third-order valence-electron chi connectivity index (χ3n) is 7.52. The van der Waals surface area contributed by atoms with Crippen LogP contribution in [-0.2, 0) is 13.1 Å². The average Bonchev–Trinajstić information content (AvgIpc) is 3.34. The smallest absolute Gasteiger partial charge is 0.352 e. The van der Waals surface area contributed by atoms with E-state index in [9.17, 15) is 19.8 Å². The lowest BCUT2D eigenvalue weighted by molar-refractivity contribution is 0.0679. The van der Waals surface area contributed by atoms with Crippen molar-refractivity contribution < 1.29 is 19.8 Å². The van der Waals surface area contributed by atoms with E-state index in [1.807, 2.05) is 28.8 Å². The number of rotatable bonds is 3. The summed E-state index contributed by atoms with van der Waals surface area (Å²) in [6.45, 7) is 1.33. The SMILES string of the molecule is O=C(O)c1ccc2c(C3CCCCC3)c3n(c2c1)CCCn1c(C(=O)O)cc2cccc-3c21. The molecule has 6 nitrogen and oxygen atoms in total. The Bertz CT molecular complexity index is 1440. The molecule has 33 heavy (non-hydrogen) atoms. The maximum absolute atomic E-state index is 12.0. The summed E-state index contributed by atoms with van der Waals surface area (Å²) in [5.41, 5.74) is 6.06. The Balaban J connectivity index is 1.73. The summed E-state index contributed by atoms with van der Waals surface area (Å²) < 4.78 is 4.26. The second kappa shape index (κ2) is 7.51. The van der Waals surface area contributed by atoms with E-state index in [4.69, 9.17) is 0 Å². The number of hydrogen-bond donors (Lipinski definition) is 2. The Kier molecular flexibility index (Phi) is 4.57. The molecular formula is C27H26N2O4. The van der Waals surface area contributed by atoms with Crippen LogP contribution >= 0.6 is 0 Å². The van der Waals surface area contributed by atoms with Gasteiger partial charge in [-0.15, -0.1) is 0 Å². The van der Waals surface area contributed by atoms with Gasteiger partial charge in [0.1, 0.15) is 5.69 Å². The zero-order valence-electron chi connectivity index (χ0n) is 18.4. The maximum Gasteiger partial charge on any atom is 0.352 e. The number of aryl methyl sites for hydroxylation is 2. The minimum Gasteiger partial charge on any atom is -0.478 e. The molecule has 4 aromatic rings. The lowest BCUT2D eigenvalue weighted by Crippen LogP contribution is -2.14. The highest BCUT2D eigenvalue weighted by Crippen LogP contribution is 2.46. The van der Waals surface area contributed by atoms with E-state index in [2.05, 4.69) is 10.6 Å². The molecule has 2 aliphatic rings. The standard InChI is InChI=1S/C27H26N2O4/c30-26(31)18-10-11-19-21(15-18)28-12-5-13-29-22(27(32)33)14-17-8-4-9-20(24(17)29)25(28)23(19)16-6-2-1-3-7-16/h4,8-11,14-16H,1-3,5-7,12-13H2,(H,30,31)(H,32,33). The molecule has 0 atom stereocenters. The molecule has 2 aromatic heterocycles. The fourth-order valence-corrected chi connectivity index (χ4v) is 6.15. The van der Waals surface area contributed by atoms with E-state index >= 15 is 0 Å². The van der Waals surface area contributed by atoms with Crippen LogP contribution in [-0.4, -0.2) is 31.3 Å². The molecule has 1 aliphatic carbocycles. The van der Waals surface area contributed by atoms with Gasteiger partial charge < -0.3 is 19.3 Å². The minimum absolute atomic E-state index is 0.301. The van der Waals surface area contributed by atoms with Gasteiger partial charge in [0.2, 0.25) is 0 Å². The van der Waals surface area contributed by atoms with Gasteiger partial charge in [-0.1, -0.05) is 43.5 Å². The predicted molar refractivity (Wildman–Crippen MR) is 127 cm³/mol. The van der Waals surface area contributed by atoms with Crippen LogP contribution in [0, 0.1) is 0 Å². The van der Waals surface area contributed by atoms with Crippen molar-refractivity contribution in [1.29, 1.82) is 0 Å². The van der Waals surface area contributed by atoms with Crippen molar-refractivity contribution in [2.75, 3.05) is 0 Å². The molecule has 2 N–H and O–H groups in total. The molecule has 1 fully saturated rings. The van der Waals surface area contributed by atoms with Crippen molar-refractivity contribution in [3.8, 4) is 11.3 Å². The zero-order chi connectivity index (χ0) is 22.7. The first kappa shape index (κ1) is 20.1. The summed E-state index contributed by atoms with van der Waals surface area (Å²) in [6.07, 6.45) is 6.69. The van der Waals surface area contributed by atoms with Crippen molar-refractivity contribution in [2.24, 2.45) is 0 Å².